The number of para-hydroxylation sites is 1. The van der Waals surface area contributed by atoms with Crippen molar-refractivity contribution in [3.8, 4) is 5.75 Å². The molecule has 1 heterocycles. The zero-order valence-electron chi connectivity index (χ0n) is 12.2. The Morgan fingerprint density at radius 2 is 2.10 bits per heavy atom. The first-order valence-corrected chi connectivity index (χ1v) is 6.97. The molecule has 0 fully saturated rings. The summed E-state index contributed by atoms with van der Waals surface area (Å²) in [5.74, 6) is 0.668. The molecule has 0 aliphatic rings. The second kappa shape index (κ2) is 6.18. The Labute approximate surface area is 128 Å². The summed E-state index contributed by atoms with van der Waals surface area (Å²) in [4.78, 5) is 11.8. The van der Waals surface area contributed by atoms with E-state index in [2.05, 4.69) is 36.3 Å². The summed E-state index contributed by atoms with van der Waals surface area (Å²) in [7, 11) is 0. The monoisotopic (exact) mass is 307 g/mol. The summed E-state index contributed by atoms with van der Waals surface area (Å²) >= 11 is 5.95. The highest BCUT2D eigenvalue weighted by Crippen LogP contribution is 2.23. The van der Waals surface area contributed by atoms with Crippen LogP contribution in [0, 0.1) is 0 Å². The summed E-state index contributed by atoms with van der Waals surface area (Å²) in [6.45, 7) is 6.06. The van der Waals surface area contributed by atoms with Gasteiger partial charge in [0.05, 0.1) is 5.02 Å². The van der Waals surface area contributed by atoms with Gasteiger partial charge in [0.15, 0.2) is 12.4 Å². The van der Waals surface area contributed by atoms with Gasteiger partial charge >= 0.3 is 0 Å². The molecule has 0 aliphatic heterocycles. The van der Waals surface area contributed by atoms with Crippen molar-refractivity contribution >= 4 is 23.3 Å². The van der Waals surface area contributed by atoms with E-state index in [0.29, 0.717) is 16.6 Å². The van der Waals surface area contributed by atoms with Crippen LogP contribution in [0.25, 0.3) is 0 Å². The zero-order valence-corrected chi connectivity index (χ0v) is 13.0. The van der Waals surface area contributed by atoms with E-state index in [1.165, 1.54) is 0 Å². The van der Waals surface area contributed by atoms with E-state index in [1.807, 2.05) is 6.07 Å². The number of ether oxygens (including phenoxy) is 1. The van der Waals surface area contributed by atoms with Gasteiger partial charge in [0.2, 0.25) is 0 Å². The average molecular weight is 308 g/mol. The predicted octanol–water partition coefficient (Wildman–Crippen LogP) is 3.38. The molecule has 0 bridgehead atoms. The second-order valence-corrected chi connectivity index (χ2v) is 6.09. The number of aromatic amines is 1. The maximum absolute atomic E-state index is 11.8. The van der Waals surface area contributed by atoms with Gasteiger partial charge in [-0.05, 0) is 12.1 Å². The van der Waals surface area contributed by atoms with Gasteiger partial charge in [-0.2, -0.15) is 5.10 Å². The highest BCUT2D eigenvalue weighted by atomic mass is 35.5. The topological polar surface area (TPSA) is 67.0 Å². The SMILES string of the molecule is CC(C)(C)c1cc(NC(=O)COc2ccccc2Cl)n[nH]1. The molecule has 112 valence electrons. The molecule has 1 amide bonds. The summed E-state index contributed by atoms with van der Waals surface area (Å²) in [6.07, 6.45) is 0. The smallest absolute Gasteiger partial charge is 0.263 e. The van der Waals surface area contributed by atoms with E-state index in [9.17, 15) is 4.79 Å². The maximum Gasteiger partial charge on any atom is 0.263 e. The number of aromatic nitrogens is 2. The number of amides is 1. The molecule has 6 heteroatoms. The molecule has 2 rings (SSSR count). The molecule has 0 spiro atoms. The van der Waals surface area contributed by atoms with Gasteiger partial charge in [0, 0.05) is 17.2 Å². The number of hydrogen-bond acceptors (Lipinski definition) is 3. The van der Waals surface area contributed by atoms with E-state index in [1.54, 1.807) is 24.3 Å². The Balaban J connectivity index is 1.90. The summed E-state index contributed by atoms with van der Waals surface area (Å²) < 4.78 is 5.36. The molecule has 0 saturated heterocycles. The molecule has 2 aromatic rings. The number of halogens is 1. The minimum Gasteiger partial charge on any atom is -0.482 e. The van der Waals surface area contributed by atoms with Crippen LogP contribution in [0.1, 0.15) is 26.5 Å². The first-order chi connectivity index (χ1) is 9.86. The van der Waals surface area contributed by atoms with Gasteiger partial charge in [-0.25, -0.2) is 0 Å². The zero-order chi connectivity index (χ0) is 15.5. The van der Waals surface area contributed by atoms with Crippen molar-refractivity contribution in [3.63, 3.8) is 0 Å². The molecule has 2 N–H and O–H groups in total. The van der Waals surface area contributed by atoms with E-state index >= 15 is 0 Å². The first kappa shape index (κ1) is 15.4. The molecule has 0 radical (unpaired) electrons. The number of carbonyl (C=O) groups excluding carboxylic acids is 1. The fraction of sp³-hybridized carbons (Fsp3) is 0.333. The number of nitrogens with one attached hydrogen (secondary N) is 2. The van der Waals surface area contributed by atoms with E-state index < -0.39 is 0 Å². The van der Waals surface area contributed by atoms with Crippen molar-refractivity contribution in [1.82, 2.24) is 10.2 Å². The van der Waals surface area contributed by atoms with Gasteiger partial charge in [0.25, 0.3) is 5.91 Å². The van der Waals surface area contributed by atoms with Gasteiger partial charge in [-0.3, -0.25) is 9.89 Å². The normalized spacial score (nSPS) is 11.2. The van der Waals surface area contributed by atoms with Crippen LogP contribution in [0.2, 0.25) is 5.02 Å². The van der Waals surface area contributed by atoms with Gasteiger partial charge < -0.3 is 10.1 Å². The lowest BCUT2D eigenvalue weighted by Gasteiger charge is -2.14. The lowest BCUT2D eigenvalue weighted by molar-refractivity contribution is -0.118. The Kier molecular flexibility index (Phi) is 4.53. The highest BCUT2D eigenvalue weighted by Gasteiger charge is 2.17. The maximum atomic E-state index is 11.8. The molecular formula is C15H18ClN3O2. The Hall–Kier alpha value is -2.01. The van der Waals surface area contributed by atoms with Crippen molar-refractivity contribution in [2.45, 2.75) is 26.2 Å². The van der Waals surface area contributed by atoms with Crippen LogP contribution >= 0.6 is 11.6 Å². The minimum atomic E-state index is -0.290. The van der Waals surface area contributed by atoms with E-state index in [0.717, 1.165) is 5.69 Å². The average Bonchev–Trinajstić information content (AvgIpc) is 2.86. The third kappa shape index (κ3) is 4.23. The van der Waals surface area contributed by atoms with E-state index in [-0.39, 0.29) is 17.9 Å². The first-order valence-electron chi connectivity index (χ1n) is 6.59. The van der Waals surface area contributed by atoms with Crippen LogP contribution in [0.3, 0.4) is 0 Å². The van der Waals surface area contributed by atoms with Crippen LogP contribution in [0.4, 0.5) is 5.82 Å². The predicted molar refractivity (Wildman–Crippen MR) is 82.9 cm³/mol. The van der Waals surface area contributed by atoms with Crippen LogP contribution < -0.4 is 10.1 Å². The van der Waals surface area contributed by atoms with Crippen molar-refractivity contribution in [1.29, 1.82) is 0 Å². The summed E-state index contributed by atoms with van der Waals surface area (Å²) in [5.41, 5.74) is 0.897. The van der Waals surface area contributed by atoms with Gasteiger partial charge in [-0.15, -0.1) is 0 Å². The van der Waals surface area contributed by atoms with Crippen molar-refractivity contribution in [3.05, 3.63) is 41.0 Å². The van der Waals surface area contributed by atoms with Crippen molar-refractivity contribution in [2.24, 2.45) is 0 Å². The molecule has 0 unspecified atom stereocenters. The third-order valence-electron chi connectivity index (χ3n) is 2.85. The summed E-state index contributed by atoms with van der Waals surface area (Å²) in [5, 5.41) is 10.1. The lowest BCUT2D eigenvalue weighted by atomic mass is 9.92. The molecule has 0 aliphatic carbocycles. The molecule has 0 atom stereocenters. The number of anilines is 1. The van der Waals surface area contributed by atoms with Crippen molar-refractivity contribution < 1.29 is 9.53 Å². The molecule has 1 aromatic carbocycles. The third-order valence-corrected chi connectivity index (χ3v) is 3.16. The van der Waals surface area contributed by atoms with Crippen LogP contribution in [-0.2, 0) is 10.2 Å². The van der Waals surface area contributed by atoms with Crippen molar-refractivity contribution in [2.75, 3.05) is 11.9 Å². The second-order valence-electron chi connectivity index (χ2n) is 5.68. The number of hydrogen-bond donors (Lipinski definition) is 2. The van der Waals surface area contributed by atoms with E-state index in [4.69, 9.17) is 16.3 Å². The number of rotatable bonds is 4. The lowest BCUT2D eigenvalue weighted by Crippen LogP contribution is -2.20. The molecule has 5 nitrogen and oxygen atoms in total. The number of H-pyrrole nitrogens is 1. The Morgan fingerprint density at radius 3 is 2.71 bits per heavy atom. The van der Waals surface area contributed by atoms with Gasteiger partial charge in [-0.1, -0.05) is 44.5 Å². The minimum absolute atomic E-state index is 0.0515. The van der Waals surface area contributed by atoms with Crippen LogP contribution in [-0.4, -0.2) is 22.7 Å². The van der Waals surface area contributed by atoms with Crippen LogP contribution in [0.15, 0.2) is 30.3 Å². The summed E-state index contributed by atoms with van der Waals surface area (Å²) in [6, 6.07) is 8.82. The Bertz CT molecular complexity index is 632. The largest absolute Gasteiger partial charge is 0.482 e. The molecule has 1 aromatic heterocycles. The van der Waals surface area contributed by atoms with Crippen LogP contribution in [0.5, 0.6) is 5.75 Å². The fourth-order valence-corrected chi connectivity index (χ4v) is 1.84. The fourth-order valence-electron chi connectivity index (χ4n) is 1.65. The number of nitrogens with zero attached hydrogens (tertiary/aromatic N) is 1. The number of benzene rings is 1. The molecule has 21 heavy (non-hydrogen) atoms. The van der Waals surface area contributed by atoms with Gasteiger partial charge in [0.1, 0.15) is 5.75 Å². The highest BCUT2D eigenvalue weighted by molar-refractivity contribution is 6.32. The molecule has 0 saturated carbocycles. The number of carbonyl (C=O) groups is 1. The molecular weight excluding hydrogens is 290 g/mol. The Morgan fingerprint density at radius 1 is 1.38 bits per heavy atom. The quantitative estimate of drug-likeness (QED) is 0.910. The standard InChI is InChI=1S/C15H18ClN3O2/c1-15(2,3)12-8-13(19-18-12)17-14(20)9-21-11-7-5-4-6-10(11)16/h4-8H,9H2,1-3H3,(H2,17,18,19,20).